The van der Waals surface area contributed by atoms with Gasteiger partial charge in [0.25, 0.3) is 0 Å². The molecule has 0 spiro atoms. The van der Waals surface area contributed by atoms with E-state index < -0.39 is 23.3 Å². The third-order valence-corrected chi connectivity index (χ3v) is 16.2. The highest BCUT2D eigenvalue weighted by atomic mass is 16.6. The van der Waals surface area contributed by atoms with Crippen LogP contribution in [0.3, 0.4) is 0 Å². The Labute approximate surface area is 659 Å². The van der Waals surface area contributed by atoms with Gasteiger partial charge in [-0.3, -0.25) is 19.2 Å². The lowest BCUT2D eigenvalue weighted by Crippen LogP contribution is -2.47. The van der Waals surface area contributed by atoms with Crippen molar-refractivity contribution in [3.63, 3.8) is 0 Å². The average molecular weight is 1600 g/mol. The second-order valence-corrected chi connectivity index (χ2v) is 25.3. The number of carbonyl (C=O) groups is 4. The fraction of sp³-hybridized carbons (Fsp3) is 0.949. The third-order valence-electron chi connectivity index (χ3n) is 16.2. The summed E-state index contributed by atoms with van der Waals surface area (Å²) >= 11 is 0. The smallest absolute Gasteiger partial charge is 0.319 e. The summed E-state index contributed by atoms with van der Waals surface area (Å²) in [4.78, 5) is 48.4. The van der Waals surface area contributed by atoms with E-state index in [0.29, 0.717) is 356 Å². The zero-order valence-electron chi connectivity index (χ0n) is 68.0. The number of unbranched alkanes of at least 4 members (excludes halogenated alkanes) is 15. The maximum absolute atomic E-state index is 13.6. The van der Waals surface area contributed by atoms with Crippen LogP contribution in [-0.2, 0) is 133 Å². The van der Waals surface area contributed by atoms with Crippen LogP contribution in [0.5, 0.6) is 0 Å². The van der Waals surface area contributed by atoms with Crippen LogP contribution in [0.4, 0.5) is 0 Å². The summed E-state index contributed by atoms with van der Waals surface area (Å²) in [5.74, 6) is -2.25. The van der Waals surface area contributed by atoms with Crippen LogP contribution in [0.15, 0.2) is 0 Å². The van der Waals surface area contributed by atoms with Gasteiger partial charge in [0.2, 0.25) is 11.8 Å². The molecular formula is C78H152N2O30. The van der Waals surface area contributed by atoms with Gasteiger partial charge in [-0.05, 0) is 26.2 Å². The number of carboxylic acids is 2. The van der Waals surface area contributed by atoms with E-state index in [1.54, 1.807) is 0 Å². The van der Waals surface area contributed by atoms with Crippen molar-refractivity contribution < 1.29 is 143 Å². The molecule has 32 heteroatoms. The Morgan fingerprint density at radius 3 is 0.618 bits per heavy atom. The lowest BCUT2D eigenvalue weighted by atomic mass is 9.76. The number of hydrogen-bond acceptors (Lipinski definition) is 28. The predicted molar refractivity (Wildman–Crippen MR) is 412 cm³/mol. The van der Waals surface area contributed by atoms with Gasteiger partial charge in [0.15, 0.2) is 0 Å². The largest absolute Gasteiger partial charge is 0.481 e. The molecule has 0 bridgehead atoms. The molecule has 32 nitrogen and oxygen atoms in total. The summed E-state index contributed by atoms with van der Waals surface area (Å²) in [5, 5.41) is 24.9. The van der Waals surface area contributed by atoms with E-state index in [0.717, 1.165) is 57.8 Å². The van der Waals surface area contributed by atoms with Gasteiger partial charge in [0, 0.05) is 25.9 Å². The maximum atomic E-state index is 13.6. The Morgan fingerprint density at radius 2 is 0.418 bits per heavy atom. The van der Waals surface area contributed by atoms with Gasteiger partial charge >= 0.3 is 11.9 Å². The Bertz CT molecular complexity index is 1870. The average Bonchev–Trinajstić information content (AvgIpc) is 0.818. The zero-order valence-corrected chi connectivity index (χ0v) is 68.0. The van der Waals surface area contributed by atoms with E-state index in [-0.39, 0.29) is 25.5 Å². The molecular weight excluding hydrogens is 1440 g/mol. The Morgan fingerprint density at radius 1 is 0.227 bits per heavy atom. The molecule has 0 aliphatic heterocycles. The van der Waals surface area contributed by atoms with Gasteiger partial charge in [0.05, 0.1) is 317 Å². The molecule has 0 radical (unpaired) electrons. The van der Waals surface area contributed by atoms with E-state index in [9.17, 15) is 24.3 Å². The van der Waals surface area contributed by atoms with Gasteiger partial charge in [-0.15, -0.1) is 0 Å². The fourth-order valence-corrected chi connectivity index (χ4v) is 10.2. The van der Waals surface area contributed by atoms with Gasteiger partial charge in [-0.2, -0.15) is 0 Å². The first kappa shape index (κ1) is 107. The molecule has 110 heavy (non-hydrogen) atoms. The summed E-state index contributed by atoms with van der Waals surface area (Å²) in [6.07, 6.45) is 18.3. The van der Waals surface area contributed by atoms with Gasteiger partial charge in [0.1, 0.15) is 5.41 Å². The van der Waals surface area contributed by atoms with Crippen molar-refractivity contribution in [2.75, 3.05) is 330 Å². The Hall–Kier alpha value is -3.08. The van der Waals surface area contributed by atoms with Crippen molar-refractivity contribution in [2.24, 2.45) is 5.41 Å². The minimum atomic E-state index is -1.46. The van der Waals surface area contributed by atoms with Crippen LogP contribution in [0.2, 0.25) is 0 Å². The molecule has 0 aromatic heterocycles. The highest BCUT2D eigenvalue weighted by molar-refractivity contribution is 6.01. The van der Waals surface area contributed by atoms with Crippen LogP contribution in [0.1, 0.15) is 149 Å². The van der Waals surface area contributed by atoms with E-state index in [1.807, 2.05) is 6.92 Å². The van der Waals surface area contributed by atoms with Crippen molar-refractivity contribution in [2.45, 2.75) is 149 Å². The van der Waals surface area contributed by atoms with E-state index >= 15 is 0 Å². The van der Waals surface area contributed by atoms with Crippen molar-refractivity contribution >= 4 is 23.8 Å². The lowest BCUT2D eigenvalue weighted by molar-refractivity contribution is -0.157. The molecule has 0 aromatic carbocycles. The minimum Gasteiger partial charge on any atom is -0.481 e. The number of nitrogens with one attached hydrogen (secondary N) is 2. The molecule has 0 fully saturated rings. The molecule has 1 unspecified atom stereocenters. The first-order valence-electron chi connectivity index (χ1n) is 41.2. The molecule has 0 aromatic rings. The fourth-order valence-electron chi connectivity index (χ4n) is 10.2. The molecule has 0 heterocycles. The standard InChI is InChI=1S/C78H152N2O30/c1-3-5-6-7-8-10-13-16-19-23-78(77(85)86,24-20-17-14-11-9-12-15-18-21-75(82)83)76(84)80-25-27-88-29-31-90-33-35-92-37-39-94-41-43-96-45-47-98-49-51-100-53-55-102-57-59-104-61-63-106-65-67-108-69-71-110-73-72-109-70-68-107-66-64-105-62-60-103-58-56-101-54-52-99-50-48-97-46-44-95-42-40-93-38-36-91-34-32-89-30-28-87-26-22-74(81)79-4-2/h3-73H2,1-2H3,(H,79,81)(H,80,84)(H,82,83)(H,85,86). The number of carboxylic acid groups (broad SMARTS) is 2. The molecule has 0 aliphatic carbocycles. The van der Waals surface area contributed by atoms with Gasteiger partial charge < -0.3 is 135 Å². The normalized spacial score (nSPS) is 12.2. The lowest BCUT2D eigenvalue weighted by Gasteiger charge is -2.28. The monoisotopic (exact) mass is 1600 g/mol. The number of amides is 2. The molecule has 1 atom stereocenters. The molecule has 2 amide bonds. The summed E-state index contributed by atoms with van der Waals surface area (Å²) in [7, 11) is 0. The van der Waals surface area contributed by atoms with Crippen LogP contribution >= 0.6 is 0 Å². The summed E-state index contributed by atoms with van der Waals surface area (Å²) < 4.78 is 133. The quantitative estimate of drug-likeness (QED) is 0.0351. The van der Waals surface area contributed by atoms with Crippen LogP contribution < -0.4 is 10.6 Å². The van der Waals surface area contributed by atoms with E-state index in [1.165, 1.54) is 32.1 Å². The van der Waals surface area contributed by atoms with Crippen LogP contribution in [-0.4, -0.2) is 364 Å². The van der Waals surface area contributed by atoms with Crippen molar-refractivity contribution in [3.8, 4) is 0 Å². The van der Waals surface area contributed by atoms with Gasteiger partial charge in [-0.1, -0.05) is 110 Å². The van der Waals surface area contributed by atoms with Crippen LogP contribution in [0.25, 0.3) is 0 Å². The molecule has 4 N–H and O–H groups in total. The van der Waals surface area contributed by atoms with E-state index in [2.05, 4.69) is 17.6 Å². The molecule has 654 valence electrons. The number of aliphatic carboxylic acids is 2. The number of rotatable bonds is 99. The molecule has 0 saturated carbocycles. The number of ether oxygens (including phenoxy) is 24. The first-order chi connectivity index (χ1) is 54.3. The highest BCUT2D eigenvalue weighted by Gasteiger charge is 2.44. The Kier molecular flexibility index (Phi) is 90.5. The molecule has 0 saturated heterocycles. The molecule has 0 rings (SSSR count). The van der Waals surface area contributed by atoms with Gasteiger partial charge in [-0.25, -0.2) is 0 Å². The topological polar surface area (TPSA) is 354 Å². The first-order valence-corrected chi connectivity index (χ1v) is 41.2. The van der Waals surface area contributed by atoms with Crippen molar-refractivity contribution in [1.82, 2.24) is 10.6 Å². The highest BCUT2D eigenvalue weighted by Crippen LogP contribution is 2.33. The summed E-state index contributed by atoms with van der Waals surface area (Å²) in [6.45, 7) is 26.7. The summed E-state index contributed by atoms with van der Waals surface area (Å²) in [5.41, 5.74) is -1.46. The maximum Gasteiger partial charge on any atom is 0.319 e. The second kappa shape index (κ2) is 93.1. The summed E-state index contributed by atoms with van der Waals surface area (Å²) in [6, 6.07) is 0. The van der Waals surface area contributed by atoms with Crippen LogP contribution in [0, 0.1) is 5.41 Å². The second-order valence-electron chi connectivity index (χ2n) is 25.3. The SMILES string of the molecule is CCCCCCCCCCCC(CCCCCCCCCCC(=O)O)(C(=O)O)C(=O)NCCOCCOCCOCCOCCOCCOCCOCCOCCOCCOCCOCCOCCOCCOCCOCCOCCOCCOCCOCCOCCOCCOCCOCCOCCC(=O)NCC. The third kappa shape index (κ3) is 84.3. The van der Waals surface area contributed by atoms with E-state index in [4.69, 9.17) is 119 Å². The predicted octanol–water partition coefficient (Wildman–Crippen LogP) is 7.00. The minimum absolute atomic E-state index is 0.00977. The van der Waals surface area contributed by atoms with Crippen molar-refractivity contribution in [1.29, 1.82) is 0 Å². The number of hydrogen-bond donors (Lipinski definition) is 4. The van der Waals surface area contributed by atoms with Crippen molar-refractivity contribution in [3.05, 3.63) is 0 Å². The number of carbonyl (C=O) groups excluding carboxylic acids is 2. The molecule has 0 aliphatic rings. The zero-order chi connectivity index (χ0) is 79.4. The Balaban J connectivity index is 3.40.